The summed E-state index contributed by atoms with van der Waals surface area (Å²) in [5, 5.41) is 0. The highest BCUT2D eigenvalue weighted by Crippen LogP contribution is 2.18. The Hall–Kier alpha value is -1.89. The molecule has 1 aliphatic rings. The molecule has 1 rings (SSSR count). The zero-order valence-electron chi connectivity index (χ0n) is 13.1. The molecule has 0 N–H and O–H groups in total. The van der Waals surface area contributed by atoms with Crippen molar-refractivity contribution in [1.29, 1.82) is 0 Å². The largest absolute Gasteiger partial charge is 0.469 e. The zero-order valence-corrected chi connectivity index (χ0v) is 13.1. The average Bonchev–Trinajstić information content (AvgIpc) is 2.56. The lowest BCUT2D eigenvalue weighted by Gasteiger charge is -2.30. The van der Waals surface area contributed by atoms with Gasteiger partial charge in [-0.25, -0.2) is 4.79 Å². The lowest BCUT2D eigenvalue weighted by atomic mass is 9.97. The van der Waals surface area contributed by atoms with Gasteiger partial charge < -0.3 is 19.1 Å². The molecule has 0 radical (unpaired) electrons. The summed E-state index contributed by atoms with van der Waals surface area (Å²) in [6.07, 6.45) is 1.91. The van der Waals surface area contributed by atoms with E-state index in [9.17, 15) is 14.4 Å². The zero-order chi connectivity index (χ0) is 16.5. The van der Waals surface area contributed by atoms with Gasteiger partial charge in [0.25, 0.3) is 5.91 Å². The molecule has 0 bridgehead atoms. The second-order valence-corrected chi connectivity index (χ2v) is 5.05. The number of ether oxygens (including phenoxy) is 3. The van der Waals surface area contributed by atoms with Crippen molar-refractivity contribution in [2.45, 2.75) is 25.9 Å². The molecule has 1 heterocycles. The number of nitrogens with zero attached hydrogens (tertiary/aromatic N) is 1. The van der Waals surface area contributed by atoms with Crippen LogP contribution < -0.4 is 0 Å². The quantitative estimate of drug-likeness (QED) is 0.504. The molecule has 124 valence electrons. The molecule has 7 nitrogen and oxygen atoms in total. The summed E-state index contributed by atoms with van der Waals surface area (Å²) in [5.41, 5.74) is 0. The second-order valence-electron chi connectivity index (χ2n) is 5.05. The molecule has 1 saturated heterocycles. The molecular formula is C15H23NO6. The lowest BCUT2D eigenvalue weighted by Crippen LogP contribution is -2.42. The van der Waals surface area contributed by atoms with Gasteiger partial charge in [0.2, 0.25) is 0 Å². The molecule has 0 aromatic rings. The van der Waals surface area contributed by atoms with Gasteiger partial charge >= 0.3 is 11.9 Å². The number of likely N-dealkylation sites (tertiary alicyclic amines) is 1. The number of carbonyl (C=O) groups is 3. The van der Waals surface area contributed by atoms with Gasteiger partial charge in [0.1, 0.15) is 0 Å². The minimum Gasteiger partial charge on any atom is -0.469 e. The topological polar surface area (TPSA) is 82.1 Å². The first kappa shape index (κ1) is 18.2. The summed E-state index contributed by atoms with van der Waals surface area (Å²) in [6.45, 7) is 5.87. The third-order valence-electron chi connectivity index (χ3n) is 3.52. The Morgan fingerprint density at radius 2 is 1.95 bits per heavy atom. The monoisotopic (exact) mass is 313 g/mol. The molecule has 0 aromatic heterocycles. The predicted molar refractivity (Wildman–Crippen MR) is 77.9 cm³/mol. The highest BCUT2D eigenvalue weighted by Gasteiger charge is 2.28. The molecule has 1 atom stereocenters. The van der Waals surface area contributed by atoms with E-state index in [4.69, 9.17) is 14.2 Å². The number of amides is 1. The van der Waals surface area contributed by atoms with Crippen LogP contribution in [-0.2, 0) is 28.6 Å². The normalized spacial score (nSPS) is 16.7. The summed E-state index contributed by atoms with van der Waals surface area (Å²) >= 11 is 0. The summed E-state index contributed by atoms with van der Waals surface area (Å²) < 4.78 is 14.7. The fourth-order valence-electron chi connectivity index (χ4n) is 2.15. The van der Waals surface area contributed by atoms with Crippen LogP contribution in [0.5, 0.6) is 0 Å². The molecule has 1 amide bonds. The van der Waals surface area contributed by atoms with Crippen molar-refractivity contribution in [3.8, 4) is 0 Å². The number of piperidine rings is 1. The predicted octanol–water partition coefficient (Wildman–Crippen LogP) is 0.532. The number of hydrogen-bond donors (Lipinski definition) is 0. The molecule has 1 aliphatic heterocycles. The molecule has 1 unspecified atom stereocenters. The molecule has 1 fully saturated rings. The van der Waals surface area contributed by atoms with E-state index in [1.165, 1.54) is 13.2 Å². The summed E-state index contributed by atoms with van der Waals surface area (Å²) in [4.78, 5) is 36.6. The van der Waals surface area contributed by atoms with Crippen LogP contribution in [0.25, 0.3) is 0 Å². The summed E-state index contributed by atoms with van der Waals surface area (Å²) in [5.74, 6) is -1.26. The number of methoxy groups -OCH3 is 1. The van der Waals surface area contributed by atoms with E-state index < -0.39 is 12.1 Å². The maximum atomic E-state index is 12.0. The van der Waals surface area contributed by atoms with Gasteiger partial charge in [-0.1, -0.05) is 6.08 Å². The van der Waals surface area contributed by atoms with E-state index in [1.807, 2.05) is 0 Å². The molecule has 7 heteroatoms. The Labute approximate surface area is 130 Å². The molecular weight excluding hydrogens is 290 g/mol. The van der Waals surface area contributed by atoms with Crippen LogP contribution in [0.2, 0.25) is 0 Å². The first-order chi connectivity index (χ1) is 10.5. The third-order valence-corrected chi connectivity index (χ3v) is 3.52. The van der Waals surface area contributed by atoms with Crippen molar-refractivity contribution in [3.63, 3.8) is 0 Å². The molecule has 0 saturated carbocycles. The van der Waals surface area contributed by atoms with Crippen LogP contribution in [0.15, 0.2) is 12.7 Å². The van der Waals surface area contributed by atoms with Crippen LogP contribution in [-0.4, -0.2) is 62.3 Å². The van der Waals surface area contributed by atoms with Crippen LogP contribution in [0, 0.1) is 5.92 Å². The molecule has 0 aromatic carbocycles. The fourth-order valence-corrected chi connectivity index (χ4v) is 2.15. The molecule has 22 heavy (non-hydrogen) atoms. The van der Waals surface area contributed by atoms with Crippen molar-refractivity contribution in [1.82, 2.24) is 4.90 Å². The van der Waals surface area contributed by atoms with Gasteiger partial charge in [0, 0.05) is 13.1 Å². The van der Waals surface area contributed by atoms with Crippen LogP contribution in [0.3, 0.4) is 0 Å². The number of carbonyl (C=O) groups excluding carboxylic acids is 3. The van der Waals surface area contributed by atoms with Gasteiger partial charge in [-0.3, -0.25) is 9.59 Å². The van der Waals surface area contributed by atoms with Gasteiger partial charge in [-0.15, -0.1) is 6.58 Å². The van der Waals surface area contributed by atoms with Gasteiger partial charge in [-0.05, 0) is 19.8 Å². The first-order valence-electron chi connectivity index (χ1n) is 7.24. The van der Waals surface area contributed by atoms with Crippen LogP contribution in [0.4, 0.5) is 0 Å². The number of hydrogen-bond acceptors (Lipinski definition) is 6. The maximum absolute atomic E-state index is 12.0. The van der Waals surface area contributed by atoms with Crippen molar-refractivity contribution in [2.24, 2.45) is 5.92 Å². The second kappa shape index (κ2) is 9.19. The van der Waals surface area contributed by atoms with Crippen LogP contribution >= 0.6 is 0 Å². The average molecular weight is 313 g/mol. The lowest BCUT2D eigenvalue weighted by molar-refractivity contribution is -0.161. The van der Waals surface area contributed by atoms with Gasteiger partial charge in [-0.2, -0.15) is 0 Å². The fraction of sp³-hybridized carbons (Fsp3) is 0.667. The third kappa shape index (κ3) is 5.48. The van der Waals surface area contributed by atoms with E-state index >= 15 is 0 Å². The Morgan fingerprint density at radius 3 is 2.50 bits per heavy atom. The minimum atomic E-state index is -0.740. The van der Waals surface area contributed by atoms with E-state index in [-0.39, 0.29) is 31.0 Å². The number of rotatable bonds is 7. The highest BCUT2D eigenvalue weighted by atomic mass is 16.6. The van der Waals surface area contributed by atoms with Crippen molar-refractivity contribution < 1.29 is 28.6 Å². The van der Waals surface area contributed by atoms with Crippen molar-refractivity contribution >= 4 is 17.8 Å². The Balaban J connectivity index is 2.30. The van der Waals surface area contributed by atoms with E-state index in [0.717, 1.165) is 0 Å². The maximum Gasteiger partial charge on any atom is 0.335 e. The van der Waals surface area contributed by atoms with Crippen molar-refractivity contribution in [3.05, 3.63) is 12.7 Å². The highest BCUT2D eigenvalue weighted by molar-refractivity contribution is 5.82. The Morgan fingerprint density at radius 1 is 1.32 bits per heavy atom. The van der Waals surface area contributed by atoms with Gasteiger partial charge in [0.15, 0.2) is 12.7 Å². The molecule has 0 spiro atoms. The first-order valence-corrected chi connectivity index (χ1v) is 7.24. The summed E-state index contributed by atoms with van der Waals surface area (Å²) in [6, 6.07) is 0. The minimum absolute atomic E-state index is 0.163. The van der Waals surface area contributed by atoms with E-state index in [1.54, 1.807) is 11.8 Å². The Bertz CT molecular complexity index is 414. The van der Waals surface area contributed by atoms with E-state index in [2.05, 4.69) is 6.58 Å². The van der Waals surface area contributed by atoms with Crippen molar-refractivity contribution in [2.75, 3.05) is 33.4 Å². The van der Waals surface area contributed by atoms with E-state index in [0.29, 0.717) is 25.9 Å². The number of esters is 2. The van der Waals surface area contributed by atoms with Gasteiger partial charge in [0.05, 0.1) is 19.6 Å². The molecule has 0 aliphatic carbocycles. The smallest absolute Gasteiger partial charge is 0.335 e. The standard InChI is InChI=1S/C15H23NO6/c1-4-9-21-11(2)14(18)22-10-13(17)16-7-5-12(6-8-16)15(19)20-3/h4,11-12H,1,5-10H2,2-3H3. The van der Waals surface area contributed by atoms with Crippen LogP contribution in [0.1, 0.15) is 19.8 Å². The summed E-state index contributed by atoms with van der Waals surface area (Å²) in [7, 11) is 1.36. The SMILES string of the molecule is C=CCOC(C)C(=O)OCC(=O)N1CCC(C(=O)OC)CC1. The Kier molecular flexibility index (Phi) is 7.59.